The lowest BCUT2D eigenvalue weighted by atomic mass is 10.1. The topological polar surface area (TPSA) is 117 Å². The molecule has 1 aromatic rings. The Bertz CT molecular complexity index is 899. The van der Waals surface area contributed by atoms with Crippen molar-refractivity contribution < 1.29 is 17.9 Å². The number of urea groups is 1. The van der Waals surface area contributed by atoms with Crippen LogP contribution in [0.1, 0.15) is 39.3 Å². The van der Waals surface area contributed by atoms with Crippen molar-refractivity contribution >= 4 is 27.6 Å². The number of sulfone groups is 1. The van der Waals surface area contributed by atoms with Gasteiger partial charge in [-0.2, -0.15) is 4.98 Å². The van der Waals surface area contributed by atoms with Crippen LogP contribution in [0.2, 0.25) is 0 Å². The van der Waals surface area contributed by atoms with Crippen molar-refractivity contribution in [2.45, 2.75) is 50.4 Å². The van der Waals surface area contributed by atoms with Gasteiger partial charge in [0.2, 0.25) is 5.95 Å². The molecule has 10 nitrogen and oxygen atoms in total. The molecule has 1 aromatic heterocycles. The zero-order valence-corrected chi connectivity index (χ0v) is 19.8. The molecule has 0 radical (unpaired) electrons. The van der Waals surface area contributed by atoms with Gasteiger partial charge < -0.3 is 25.2 Å². The molecule has 2 N–H and O–H groups in total. The van der Waals surface area contributed by atoms with E-state index in [1.54, 1.807) is 27.0 Å². The van der Waals surface area contributed by atoms with Gasteiger partial charge in [-0.15, -0.1) is 0 Å². The molecule has 174 valence electrons. The van der Waals surface area contributed by atoms with Crippen LogP contribution in [0.5, 0.6) is 0 Å². The van der Waals surface area contributed by atoms with Gasteiger partial charge >= 0.3 is 6.03 Å². The van der Waals surface area contributed by atoms with Crippen LogP contribution in [0.3, 0.4) is 0 Å². The van der Waals surface area contributed by atoms with Crippen molar-refractivity contribution in [1.82, 2.24) is 20.6 Å². The molecule has 3 rings (SSSR count). The Labute approximate surface area is 184 Å². The average Bonchev–Trinajstić information content (AvgIpc) is 2.73. The number of amides is 2. The quantitative estimate of drug-likeness (QED) is 0.673. The summed E-state index contributed by atoms with van der Waals surface area (Å²) in [5.74, 6) is 1.25. The first kappa shape index (κ1) is 23.5. The van der Waals surface area contributed by atoms with E-state index in [0.29, 0.717) is 44.5 Å². The third-order valence-corrected chi connectivity index (χ3v) is 8.31. The lowest BCUT2D eigenvalue weighted by Gasteiger charge is -2.37. The third kappa shape index (κ3) is 5.20. The minimum absolute atomic E-state index is 0.0885. The van der Waals surface area contributed by atoms with Gasteiger partial charge in [-0.3, -0.25) is 0 Å². The summed E-state index contributed by atoms with van der Waals surface area (Å²) in [6, 6.07) is 1.83. The summed E-state index contributed by atoms with van der Waals surface area (Å²) < 4.78 is 29.4. The van der Waals surface area contributed by atoms with Crippen LogP contribution >= 0.6 is 0 Å². The van der Waals surface area contributed by atoms with E-state index >= 15 is 0 Å². The minimum atomic E-state index is -3.40. The lowest BCUT2D eigenvalue weighted by molar-refractivity contribution is 0.0985. The number of nitrogens with zero attached hydrogens (tertiary/aromatic N) is 4. The van der Waals surface area contributed by atoms with Gasteiger partial charge in [0.05, 0.1) is 24.9 Å². The number of ether oxygens (including phenoxy) is 1. The number of carbonyl (C=O) groups is 1. The van der Waals surface area contributed by atoms with E-state index in [1.807, 2.05) is 0 Å². The van der Waals surface area contributed by atoms with Gasteiger partial charge in [-0.1, -0.05) is 0 Å². The standard InChI is InChI=1S/C20H34N6O4S/c1-14-13-30-11-10-26(14)17-12-16(20(2,3)31(5,28)29)23-18(24-17)25-8-6-15(7-9-25)22-19(27)21-4/h12,14-15H,6-11,13H2,1-5H3,(H2,21,22,27)/t14-/m0/s1. The maximum atomic E-state index is 12.5. The van der Waals surface area contributed by atoms with Crippen molar-refractivity contribution in [2.24, 2.45) is 0 Å². The first-order chi connectivity index (χ1) is 14.5. The highest BCUT2D eigenvalue weighted by atomic mass is 32.2. The van der Waals surface area contributed by atoms with Gasteiger partial charge in [-0.25, -0.2) is 18.2 Å². The van der Waals surface area contributed by atoms with Gasteiger partial charge in [0.15, 0.2) is 9.84 Å². The van der Waals surface area contributed by atoms with E-state index in [0.717, 1.165) is 18.7 Å². The van der Waals surface area contributed by atoms with E-state index in [-0.39, 0.29) is 18.1 Å². The minimum Gasteiger partial charge on any atom is -0.377 e. The molecule has 1 atom stereocenters. The van der Waals surface area contributed by atoms with Crippen LogP contribution in [0.4, 0.5) is 16.6 Å². The fourth-order valence-electron chi connectivity index (χ4n) is 3.76. The molecule has 11 heteroatoms. The van der Waals surface area contributed by atoms with Crippen LogP contribution in [-0.2, 0) is 19.3 Å². The molecule has 2 aliphatic rings. The van der Waals surface area contributed by atoms with Gasteiger partial charge in [0.25, 0.3) is 0 Å². The number of anilines is 2. The average molecular weight is 455 g/mol. The number of nitrogens with one attached hydrogen (secondary N) is 2. The smallest absolute Gasteiger partial charge is 0.314 e. The van der Waals surface area contributed by atoms with Gasteiger partial charge in [-0.05, 0) is 33.6 Å². The molecule has 3 heterocycles. The molecule has 31 heavy (non-hydrogen) atoms. The normalized spacial score (nSPS) is 21.1. The van der Waals surface area contributed by atoms with Crippen molar-refractivity contribution in [3.8, 4) is 0 Å². The number of morpholine rings is 1. The molecule has 0 unspecified atom stereocenters. The predicted molar refractivity (Wildman–Crippen MR) is 120 cm³/mol. The summed E-state index contributed by atoms with van der Waals surface area (Å²) in [6.07, 6.45) is 2.77. The molecule has 2 fully saturated rings. The Balaban J connectivity index is 1.92. The first-order valence-corrected chi connectivity index (χ1v) is 12.6. The highest BCUT2D eigenvalue weighted by Gasteiger charge is 2.36. The summed E-state index contributed by atoms with van der Waals surface area (Å²) in [6.45, 7) is 8.67. The number of hydrogen-bond acceptors (Lipinski definition) is 8. The predicted octanol–water partition coefficient (Wildman–Crippen LogP) is 0.879. The third-order valence-electron chi connectivity index (χ3n) is 6.25. The summed E-state index contributed by atoms with van der Waals surface area (Å²) in [7, 11) is -1.80. The van der Waals surface area contributed by atoms with E-state index < -0.39 is 14.6 Å². The van der Waals surface area contributed by atoms with Crippen LogP contribution < -0.4 is 20.4 Å². The summed E-state index contributed by atoms with van der Waals surface area (Å²) in [5, 5.41) is 5.53. The maximum Gasteiger partial charge on any atom is 0.314 e. The van der Waals surface area contributed by atoms with Crippen molar-refractivity contribution in [3.05, 3.63) is 11.8 Å². The number of aromatic nitrogens is 2. The maximum absolute atomic E-state index is 12.5. The van der Waals surface area contributed by atoms with Crippen LogP contribution in [-0.4, -0.2) is 82.7 Å². The summed E-state index contributed by atoms with van der Waals surface area (Å²) in [5.41, 5.74) is 0.485. The summed E-state index contributed by atoms with van der Waals surface area (Å²) >= 11 is 0. The molecule has 0 saturated carbocycles. The number of piperidine rings is 1. The zero-order valence-electron chi connectivity index (χ0n) is 19.0. The Morgan fingerprint density at radius 2 is 1.90 bits per heavy atom. The molecule has 2 saturated heterocycles. The second kappa shape index (κ2) is 9.15. The summed E-state index contributed by atoms with van der Waals surface area (Å²) in [4.78, 5) is 25.3. The molecular formula is C20H34N6O4S. The second-order valence-corrected chi connectivity index (χ2v) is 11.4. The molecule has 0 aromatic carbocycles. The van der Waals surface area contributed by atoms with E-state index in [4.69, 9.17) is 14.7 Å². The monoisotopic (exact) mass is 454 g/mol. The lowest BCUT2D eigenvalue weighted by Crippen LogP contribution is -2.48. The van der Waals surface area contributed by atoms with Gasteiger partial charge in [0.1, 0.15) is 10.6 Å². The number of hydrogen-bond donors (Lipinski definition) is 2. The fraction of sp³-hybridized carbons (Fsp3) is 0.750. The Kier molecular flexibility index (Phi) is 6.95. The SMILES string of the molecule is CNC(=O)NC1CCN(c2nc(N3CCOC[C@@H]3C)cc(C(C)(C)S(C)(=O)=O)n2)CC1. The number of rotatable bonds is 5. The molecule has 2 amide bonds. The van der Waals surface area contributed by atoms with E-state index in [2.05, 4.69) is 27.4 Å². The van der Waals surface area contributed by atoms with E-state index in [9.17, 15) is 13.2 Å². The van der Waals surface area contributed by atoms with Crippen LogP contribution in [0, 0.1) is 0 Å². The van der Waals surface area contributed by atoms with Crippen LogP contribution in [0.25, 0.3) is 0 Å². The molecule has 0 aliphatic carbocycles. The molecule has 0 bridgehead atoms. The van der Waals surface area contributed by atoms with E-state index in [1.165, 1.54) is 6.26 Å². The fourth-order valence-corrected chi connectivity index (χ4v) is 4.24. The van der Waals surface area contributed by atoms with Crippen molar-refractivity contribution in [1.29, 1.82) is 0 Å². The van der Waals surface area contributed by atoms with Gasteiger partial charge in [0, 0.05) is 45.0 Å². The Hall–Kier alpha value is -2.14. The highest BCUT2D eigenvalue weighted by molar-refractivity contribution is 7.91. The Morgan fingerprint density at radius 3 is 2.48 bits per heavy atom. The first-order valence-electron chi connectivity index (χ1n) is 10.7. The van der Waals surface area contributed by atoms with Crippen molar-refractivity contribution in [2.75, 3.05) is 56.0 Å². The largest absolute Gasteiger partial charge is 0.377 e. The number of carbonyl (C=O) groups excluding carboxylic acids is 1. The van der Waals surface area contributed by atoms with Crippen molar-refractivity contribution in [3.63, 3.8) is 0 Å². The molecule has 2 aliphatic heterocycles. The molecule has 0 spiro atoms. The zero-order chi connectivity index (χ0) is 22.8. The second-order valence-electron chi connectivity index (χ2n) is 8.80. The highest BCUT2D eigenvalue weighted by Crippen LogP contribution is 2.32. The Morgan fingerprint density at radius 1 is 1.23 bits per heavy atom. The van der Waals surface area contributed by atoms with Crippen LogP contribution in [0.15, 0.2) is 6.07 Å². The molecular weight excluding hydrogens is 420 g/mol.